The highest BCUT2D eigenvalue weighted by atomic mass is 35.5. The molecule has 5 rings (SSSR count). The highest BCUT2D eigenvalue weighted by Gasteiger charge is 2.31. The van der Waals surface area contributed by atoms with E-state index in [-0.39, 0.29) is 27.4 Å². The fourth-order valence-corrected chi connectivity index (χ4v) is 8.51. The van der Waals surface area contributed by atoms with Crippen molar-refractivity contribution in [3.05, 3.63) is 69.1 Å². The second kappa shape index (κ2) is 12.5. The number of hydrogen-bond donors (Lipinski definition) is 2. The van der Waals surface area contributed by atoms with Gasteiger partial charge in [-0.2, -0.15) is 4.31 Å². The SMILES string of the molecule is COc1ccc(NC(=O)c2c(NC(=O)c3cc(S(=O)(=O)N(C)C4CCCCC4)ccc3Cl)sc3c2CCCC3)cc1. The number of hydrogen-bond acceptors (Lipinski definition) is 6. The van der Waals surface area contributed by atoms with Crippen LogP contribution in [0.25, 0.3) is 0 Å². The number of sulfonamides is 1. The molecule has 0 saturated heterocycles. The molecule has 218 valence electrons. The first kappa shape index (κ1) is 29.6. The molecule has 1 saturated carbocycles. The van der Waals surface area contributed by atoms with Crippen LogP contribution in [0.1, 0.15) is 76.1 Å². The summed E-state index contributed by atoms with van der Waals surface area (Å²) in [6.07, 6.45) is 8.30. The second-order valence-corrected chi connectivity index (χ2v) is 14.0. The summed E-state index contributed by atoms with van der Waals surface area (Å²) in [4.78, 5) is 28.2. The fourth-order valence-electron chi connectivity index (χ4n) is 5.58. The van der Waals surface area contributed by atoms with Crippen LogP contribution < -0.4 is 15.4 Å². The van der Waals surface area contributed by atoms with Gasteiger partial charge in [0.05, 0.1) is 28.2 Å². The number of halogens is 1. The molecule has 0 spiro atoms. The minimum atomic E-state index is -3.82. The smallest absolute Gasteiger partial charge is 0.258 e. The molecule has 11 heteroatoms. The maximum Gasteiger partial charge on any atom is 0.258 e. The normalized spacial score (nSPS) is 15.8. The molecule has 0 aliphatic heterocycles. The van der Waals surface area contributed by atoms with E-state index in [1.165, 1.54) is 33.8 Å². The van der Waals surface area contributed by atoms with Crippen molar-refractivity contribution in [1.29, 1.82) is 0 Å². The topological polar surface area (TPSA) is 105 Å². The number of carbonyl (C=O) groups excluding carboxylic acids is 2. The van der Waals surface area contributed by atoms with Gasteiger partial charge in [0.2, 0.25) is 10.0 Å². The van der Waals surface area contributed by atoms with Gasteiger partial charge in [-0.05, 0) is 86.6 Å². The van der Waals surface area contributed by atoms with Crippen molar-refractivity contribution >= 4 is 55.5 Å². The maximum atomic E-state index is 13.6. The number of carbonyl (C=O) groups is 2. The lowest BCUT2D eigenvalue weighted by Gasteiger charge is -2.30. The van der Waals surface area contributed by atoms with Gasteiger partial charge in [0.25, 0.3) is 11.8 Å². The zero-order valence-corrected chi connectivity index (χ0v) is 25.6. The minimum Gasteiger partial charge on any atom is -0.497 e. The Morgan fingerprint density at radius 1 is 0.951 bits per heavy atom. The molecule has 0 unspecified atom stereocenters. The van der Waals surface area contributed by atoms with Gasteiger partial charge < -0.3 is 15.4 Å². The molecular weight excluding hydrogens is 582 g/mol. The number of anilines is 2. The molecule has 0 bridgehead atoms. The third-order valence-electron chi connectivity index (χ3n) is 7.92. The number of benzene rings is 2. The predicted octanol–water partition coefficient (Wildman–Crippen LogP) is 6.75. The molecule has 2 N–H and O–H groups in total. The number of aryl methyl sites for hydroxylation is 1. The highest BCUT2D eigenvalue weighted by Crippen LogP contribution is 2.39. The van der Waals surface area contributed by atoms with Crippen LogP contribution in [0.15, 0.2) is 47.4 Å². The lowest BCUT2D eigenvalue weighted by molar-refractivity contribution is 0.102. The summed E-state index contributed by atoms with van der Waals surface area (Å²) < 4.78 is 33.5. The van der Waals surface area contributed by atoms with Gasteiger partial charge in [-0.3, -0.25) is 9.59 Å². The molecule has 0 atom stereocenters. The van der Waals surface area contributed by atoms with Gasteiger partial charge in [-0.25, -0.2) is 8.42 Å². The van der Waals surface area contributed by atoms with Crippen molar-refractivity contribution in [2.24, 2.45) is 0 Å². The van der Waals surface area contributed by atoms with E-state index in [9.17, 15) is 18.0 Å². The van der Waals surface area contributed by atoms with Crippen LogP contribution >= 0.6 is 22.9 Å². The molecule has 3 aromatic rings. The summed E-state index contributed by atoms with van der Waals surface area (Å²) in [5.74, 6) is -0.208. The summed E-state index contributed by atoms with van der Waals surface area (Å²) in [7, 11) is -0.647. The summed E-state index contributed by atoms with van der Waals surface area (Å²) in [6.45, 7) is 0. The quantitative estimate of drug-likeness (QED) is 0.292. The first-order chi connectivity index (χ1) is 19.7. The van der Waals surface area contributed by atoms with Crippen molar-refractivity contribution in [1.82, 2.24) is 4.31 Å². The summed E-state index contributed by atoms with van der Waals surface area (Å²) in [5, 5.41) is 6.38. The molecule has 2 aliphatic carbocycles. The van der Waals surface area contributed by atoms with E-state index in [4.69, 9.17) is 16.3 Å². The standard InChI is InChI=1S/C30H34ClN3O5S2/c1-34(20-8-4-3-5-9-20)41(37,38)22-16-17-25(31)24(18-22)28(35)33-30-27(23-10-6-7-11-26(23)40-30)29(36)32-19-12-14-21(39-2)15-13-19/h12-18,20H,3-11H2,1-2H3,(H,32,36)(H,33,35). The minimum absolute atomic E-state index is 0.0167. The van der Waals surface area contributed by atoms with Gasteiger partial charge >= 0.3 is 0 Å². The van der Waals surface area contributed by atoms with Crippen LogP contribution in [0.5, 0.6) is 5.75 Å². The van der Waals surface area contributed by atoms with Gasteiger partial charge in [0.1, 0.15) is 10.8 Å². The molecule has 1 fully saturated rings. The van der Waals surface area contributed by atoms with Crippen LogP contribution in [-0.4, -0.2) is 44.7 Å². The van der Waals surface area contributed by atoms with Crippen LogP contribution in [0, 0.1) is 0 Å². The molecule has 2 aromatic carbocycles. The molecular formula is C30H34ClN3O5S2. The summed E-state index contributed by atoms with van der Waals surface area (Å²) in [6, 6.07) is 11.2. The monoisotopic (exact) mass is 615 g/mol. The van der Waals surface area contributed by atoms with Crippen LogP contribution in [-0.2, 0) is 22.9 Å². The van der Waals surface area contributed by atoms with Crippen molar-refractivity contribution in [2.75, 3.05) is 24.8 Å². The fraction of sp³-hybridized carbons (Fsp3) is 0.400. The molecule has 1 heterocycles. The second-order valence-electron chi connectivity index (χ2n) is 10.5. The van der Waals surface area contributed by atoms with E-state index in [2.05, 4.69) is 10.6 Å². The van der Waals surface area contributed by atoms with Gasteiger partial charge in [-0.1, -0.05) is 30.9 Å². The third-order valence-corrected chi connectivity index (χ3v) is 11.4. The van der Waals surface area contributed by atoms with Crippen LogP contribution in [0.3, 0.4) is 0 Å². The Morgan fingerprint density at radius 2 is 1.66 bits per heavy atom. The Morgan fingerprint density at radius 3 is 2.37 bits per heavy atom. The lowest BCUT2D eigenvalue weighted by atomic mass is 9.95. The van der Waals surface area contributed by atoms with Gasteiger partial charge in [0.15, 0.2) is 0 Å². The van der Waals surface area contributed by atoms with E-state index in [0.29, 0.717) is 22.0 Å². The molecule has 41 heavy (non-hydrogen) atoms. The Balaban J connectivity index is 1.42. The zero-order chi connectivity index (χ0) is 29.1. The molecule has 2 amide bonds. The number of nitrogens with one attached hydrogen (secondary N) is 2. The Kier molecular flexibility index (Phi) is 9.03. The third kappa shape index (κ3) is 6.30. The molecule has 0 radical (unpaired) electrons. The van der Waals surface area contributed by atoms with E-state index >= 15 is 0 Å². The van der Waals surface area contributed by atoms with Gasteiger partial charge in [-0.15, -0.1) is 11.3 Å². The van der Waals surface area contributed by atoms with Crippen molar-refractivity contribution in [3.63, 3.8) is 0 Å². The van der Waals surface area contributed by atoms with E-state index in [1.54, 1.807) is 38.4 Å². The number of ether oxygens (including phenoxy) is 1. The predicted molar refractivity (Wildman–Crippen MR) is 163 cm³/mol. The zero-order valence-electron chi connectivity index (χ0n) is 23.2. The van der Waals surface area contributed by atoms with E-state index in [1.807, 2.05) is 0 Å². The summed E-state index contributed by atoms with van der Waals surface area (Å²) in [5.41, 5.74) is 2.02. The number of thiophene rings is 1. The maximum absolute atomic E-state index is 13.6. The first-order valence-electron chi connectivity index (χ1n) is 13.9. The molecule has 8 nitrogen and oxygen atoms in total. The Hall–Kier alpha value is -2.92. The number of fused-ring (bicyclic) bond motifs is 1. The lowest BCUT2D eigenvalue weighted by Crippen LogP contribution is -2.38. The van der Waals surface area contributed by atoms with Crippen LogP contribution in [0.4, 0.5) is 10.7 Å². The number of rotatable bonds is 8. The van der Waals surface area contributed by atoms with E-state index in [0.717, 1.165) is 68.2 Å². The van der Waals surface area contributed by atoms with Crippen molar-refractivity contribution < 1.29 is 22.7 Å². The highest BCUT2D eigenvalue weighted by molar-refractivity contribution is 7.89. The van der Waals surface area contributed by atoms with E-state index < -0.39 is 15.9 Å². The van der Waals surface area contributed by atoms with Crippen LogP contribution in [0.2, 0.25) is 5.02 Å². The largest absolute Gasteiger partial charge is 0.497 e. The Bertz CT molecular complexity index is 1550. The first-order valence-corrected chi connectivity index (χ1v) is 16.5. The molecule has 2 aliphatic rings. The summed E-state index contributed by atoms with van der Waals surface area (Å²) >= 11 is 7.80. The number of methoxy groups -OCH3 is 1. The number of nitrogens with zero attached hydrogens (tertiary/aromatic N) is 1. The average Bonchev–Trinajstić information content (AvgIpc) is 3.35. The van der Waals surface area contributed by atoms with Crippen molar-refractivity contribution in [2.45, 2.75) is 68.7 Å². The Labute approximate surface area is 250 Å². The average molecular weight is 616 g/mol. The number of amides is 2. The molecule has 1 aromatic heterocycles. The van der Waals surface area contributed by atoms with Crippen molar-refractivity contribution in [3.8, 4) is 5.75 Å². The van der Waals surface area contributed by atoms with Gasteiger partial charge in [0, 0.05) is 23.7 Å².